The van der Waals surface area contributed by atoms with Gasteiger partial charge in [-0.2, -0.15) is 0 Å². The van der Waals surface area contributed by atoms with Crippen molar-refractivity contribution in [3.63, 3.8) is 0 Å². The van der Waals surface area contributed by atoms with Gasteiger partial charge in [0.25, 0.3) is 0 Å². The summed E-state index contributed by atoms with van der Waals surface area (Å²) in [7, 11) is 0. The van der Waals surface area contributed by atoms with E-state index in [0.29, 0.717) is 5.92 Å². The molecule has 0 saturated carbocycles. The Kier molecular flexibility index (Phi) is 2.73. The van der Waals surface area contributed by atoms with Gasteiger partial charge < -0.3 is 0 Å². The number of thioether (sulfide) groups is 1. The number of ketones is 1. The number of carbonyl (C=O) groups excluding carboxylic acids is 1. The molecule has 0 unspecified atom stereocenters. The lowest BCUT2D eigenvalue weighted by Crippen LogP contribution is -2.13. The molecule has 0 atom stereocenters. The van der Waals surface area contributed by atoms with Crippen molar-refractivity contribution in [3.8, 4) is 0 Å². The summed E-state index contributed by atoms with van der Waals surface area (Å²) in [6.07, 6.45) is 10.3. The van der Waals surface area contributed by atoms with E-state index >= 15 is 0 Å². The molecule has 1 aromatic carbocycles. The van der Waals surface area contributed by atoms with E-state index < -0.39 is 0 Å². The minimum Gasteiger partial charge on any atom is -0.289 e. The number of hydrogen-bond acceptors (Lipinski definition) is 2. The highest BCUT2D eigenvalue weighted by Gasteiger charge is 2.22. The molecule has 0 radical (unpaired) electrons. The minimum absolute atomic E-state index is 0.188. The second kappa shape index (κ2) is 4.38. The number of Topliss-reactive ketones (excluding diaryl/α,β-unsaturated/α-hetero) is 1. The van der Waals surface area contributed by atoms with Crippen LogP contribution in [0.2, 0.25) is 0 Å². The Bertz CT molecular complexity index is 540. The largest absolute Gasteiger partial charge is 0.289 e. The van der Waals surface area contributed by atoms with Crippen molar-refractivity contribution in [2.75, 3.05) is 5.75 Å². The molecule has 2 aliphatic rings. The Hall–Kier alpha value is -1.54. The zero-order valence-electron chi connectivity index (χ0n) is 9.30. The van der Waals surface area contributed by atoms with Gasteiger partial charge in [0.05, 0.1) is 0 Å². The average molecular weight is 240 g/mol. The molecule has 0 N–H and O–H groups in total. The van der Waals surface area contributed by atoms with Crippen LogP contribution in [0.3, 0.4) is 0 Å². The van der Waals surface area contributed by atoms with E-state index in [1.54, 1.807) is 11.8 Å². The third-order valence-electron chi connectivity index (χ3n) is 2.98. The van der Waals surface area contributed by atoms with E-state index in [2.05, 4.69) is 18.2 Å². The van der Waals surface area contributed by atoms with Gasteiger partial charge in [0.1, 0.15) is 0 Å². The summed E-state index contributed by atoms with van der Waals surface area (Å²) in [4.78, 5) is 13.4. The quantitative estimate of drug-likeness (QED) is 0.697. The molecular weight excluding hydrogens is 228 g/mol. The smallest absolute Gasteiger partial charge is 0.190 e. The van der Waals surface area contributed by atoms with Crippen LogP contribution in [-0.2, 0) is 0 Å². The second-order valence-electron chi connectivity index (χ2n) is 4.15. The fourth-order valence-corrected chi connectivity index (χ4v) is 3.12. The molecule has 0 aromatic heterocycles. The molecule has 84 valence electrons. The minimum atomic E-state index is 0.188. The van der Waals surface area contributed by atoms with Crippen LogP contribution in [0.15, 0.2) is 65.1 Å². The summed E-state index contributed by atoms with van der Waals surface area (Å²) in [5.74, 6) is 1.27. The number of rotatable bonds is 1. The lowest BCUT2D eigenvalue weighted by Gasteiger charge is -2.17. The molecule has 0 spiro atoms. The highest BCUT2D eigenvalue weighted by molar-refractivity contribution is 7.99. The number of hydrogen-bond donors (Lipinski definition) is 0. The molecule has 17 heavy (non-hydrogen) atoms. The van der Waals surface area contributed by atoms with Crippen molar-refractivity contribution < 1.29 is 4.79 Å². The molecule has 2 heteroatoms. The number of fused-ring (bicyclic) bond motifs is 1. The van der Waals surface area contributed by atoms with Crippen LogP contribution in [0.25, 0.3) is 0 Å². The van der Waals surface area contributed by atoms with E-state index in [9.17, 15) is 4.79 Å². The predicted octanol–water partition coefficient (Wildman–Crippen LogP) is 3.64. The van der Waals surface area contributed by atoms with E-state index in [-0.39, 0.29) is 5.78 Å². The van der Waals surface area contributed by atoms with Gasteiger partial charge in [-0.1, -0.05) is 42.5 Å². The third kappa shape index (κ3) is 2.01. The van der Waals surface area contributed by atoms with Gasteiger partial charge in [0.2, 0.25) is 0 Å². The number of benzene rings is 1. The van der Waals surface area contributed by atoms with Gasteiger partial charge in [0, 0.05) is 27.7 Å². The molecule has 1 heterocycles. The maximum absolute atomic E-state index is 12.3. The average Bonchev–Trinajstić information content (AvgIpc) is 2.86. The Balaban J connectivity index is 1.94. The van der Waals surface area contributed by atoms with Gasteiger partial charge >= 0.3 is 0 Å². The summed E-state index contributed by atoms with van der Waals surface area (Å²) in [6, 6.07) is 7.84. The van der Waals surface area contributed by atoms with Gasteiger partial charge in [-0.25, -0.2) is 0 Å². The maximum Gasteiger partial charge on any atom is 0.190 e. The van der Waals surface area contributed by atoms with Crippen LogP contribution in [0.4, 0.5) is 0 Å². The summed E-state index contributed by atoms with van der Waals surface area (Å²) in [5.41, 5.74) is 1.77. The molecular formula is C15H12OS. The first-order chi connectivity index (χ1) is 8.34. The summed E-state index contributed by atoms with van der Waals surface area (Å²) >= 11 is 1.75. The first kappa shape index (κ1) is 10.6. The molecule has 0 saturated heterocycles. The van der Waals surface area contributed by atoms with Crippen LogP contribution in [0.5, 0.6) is 0 Å². The highest BCUT2D eigenvalue weighted by atomic mass is 32.2. The first-order valence-corrected chi connectivity index (χ1v) is 6.65. The lowest BCUT2D eigenvalue weighted by molar-refractivity contribution is 0.103. The van der Waals surface area contributed by atoms with Crippen LogP contribution in [0, 0.1) is 5.92 Å². The van der Waals surface area contributed by atoms with Crippen molar-refractivity contribution in [2.45, 2.75) is 4.90 Å². The van der Waals surface area contributed by atoms with Crippen LogP contribution < -0.4 is 0 Å². The normalized spacial score (nSPS) is 21.2. The topological polar surface area (TPSA) is 17.1 Å². The Morgan fingerprint density at radius 2 is 1.94 bits per heavy atom. The molecule has 1 aliphatic heterocycles. The van der Waals surface area contributed by atoms with Crippen molar-refractivity contribution in [1.29, 1.82) is 0 Å². The molecule has 1 aromatic rings. The van der Waals surface area contributed by atoms with Gasteiger partial charge in [-0.3, -0.25) is 4.79 Å². The Labute approximate surface area is 105 Å². The van der Waals surface area contributed by atoms with Crippen LogP contribution >= 0.6 is 11.8 Å². The fraction of sp³-hybridized carbons (Fsp3) is 0.133. The third-order valence-corrected chi connectivity index (χ3v) is 4.10. The molecule has 0 bridgehead atoms. The van der Waals surface area contributed by atoms with E-state index in [4.69, 9.17) is 0 Å². The van der Waals surface area contributed by atoms with Crippen molar-refractivity contribution in [3.05, 3.63) is 65.8 Å². The summed E-state index contributed by atoms with van der Waals surface area (Å²) in [6.45, 7) is 0. The Morgan fingerprint density at radius 1 is 1.18 bits per heavy atom. The zero-order chi connectivity index (χ0) is 11.7. The summed E-state index contributed by atoms with van der Waals surface area (Å²) in [5, 5.41) is 0. The molecule has 1 aliphatic carbocycles. The summed E-state index contributed by atoms with van der Waals surface area (Å²) < 4.78 is 0. The predicted molar refractivity (Wildman–Crippen MR) is 71.3 cm³/mol. The van der Waals surface area contributed by atoms with E-state index in [1.165, 1.54) is 0 Å². The molecule has 1 nitrogen and oxygen atoms in total. The number of carbonyl (C=O) groups is 1. The first-order valence-electron chi connectivity index (χ1n) is 5.67. The van der Waals surface area contributed by atoms with E-state index in [0.717, 1.165) is 21.8 Å². The SMILES string of the molecule is O=C1/C(=C/C2C=CC=C2)CSc2ccccc21. The maximum atomic E-state index is 12.3. The molecule has 0 amide bonds. The standard InChI is InChI=1S/C15H12OS/c16-15-12(9-11-5-1-2-6-11)10-17-14-8-4-3-7-13(14)15/h1-9,11H,10H2/b12-9+. The monoisotopic (exact) mass is 240 g/mol. The van der Waals surface area contributed by atoms with E-state index in [1.807, 2.05) is 36.4 Å². The fourth-order valence-electron chi connectivity index (χ4n) is 2.09. The van der Waals surface area contributed by atoms with Crippen LogP contribution in [0.1, 0.15) is 10.4 Å². The van der Waals surface area contributed by atoms with Gasteiger partial charge in [-0.05, 0) is 12.1 Å². The van der Waals surface area contributed by atoms with Crippen molar-refractivity contribution in [1.82, 2.24) is 0 Å². The van der Waals surface area contributed by atoms with Crippen LogP contribution in [-0.4, -0.2) is 11.5 Å². The van der Waals surface area contributed by atoms with Crippen molar-refractivity contribution in [2.24, 2.45) is 5.92 Å². The van der Waals surface area contributed by atoms with Gasteiger partial charge in [0.15, 0.2) is 5.78 Å². The lowest BCUT2D eigenvalue weighted by atomic mass is 10.00. The second-order valence-corrected chi connectivity index (χ2v) is 5.17. The highest BCUT2D eigenvalue weighted by Crippen LogP contribution is 2.33. The molecule has 3 rings (SSSR count). The van der Waals surface area contributed by atoms with Gasteiger partial charge in [-0.15, -0.1) is 11.8 Å². The van der Waals surface area contributed by atoms with Crippen molar-refractivity contribution >= 4 is 17.5 Å². The Morgan fingerprint density at radius 3 is 2.76 bits per heavy atom. The number of allylic oxidation sites excluding steroid dienone is 5. The molecule has 0 fully saturated rings. The zero-order valence-corrected chi connectivity index (χ0v) is 10.1.